The van der Waals surface area contributed by atoms with Crippen LogP contribution in [0.5, 0.6) is 0 Å². The molecule has 2 heterocycles. The van der Waals surface area contributed by atoms with Crippen LogP contribution in [0.2, 0.25) is 0 Å². The zero-order valence-corrected chi connectivity index (χ0v) is 9.38. The summed E-state index contributed by atoms with van der Waals surface area (Å²) in [7, 11) is 0. The van der Waals surface area contributed by atoms with E-state index in [2.05, 4.69) is 34.8 Å². The number of nitrogens with zero attached hydrogens (tertiary/aromatic N) is 2. The van der Waals surface area contributed by atoms with Gasteiger partial charge in [0.25, 0.3) is 0 Å². The third-order valence-corrected chi connectivity index (χ3v) is 3.46. The highest BCUT2D eigenvalue weighted by molar-refractivity contribution is 5.55. The second kappa shape index (κ2) is 3.20. The summed E-state index contributed by atoms with van der Waals surface area (Å²) in [6, 6.07) is 0.628. The topological polar surface area (TPSA) is 29.9 Å². The molecule has 0 amide bonds. The minimum Gasteiger partial charge on any atom is -0.323 e. The van der Waals surface area contributed by atoms with Gasteiger partial charge in [-0.3, -0.25) is 0 Å². The molecule has 1 aromatic rings. The molecule has 1 N–H and O–H groups in total. The summed E-state index contributed by atoms with van der Waals surface area (Å²) in [5.74, 6) is 1.18. The molecule has 1 aromatic heterocycles. The number of rotatable bonds is 1. The standard InChI is InChI=1S/C12H17N3/c1-8-3-4-11-12(5-8)15(9(2)14-11)10-6-13-7-10/h5,10,13H,3-4,6-7H2,1-2H3. The van der Waals surface area contributed by atoms with Crippen LogP contribution in [0.1, 0.15) is 36.6 Å². The first-order valence-corrected chi connectivity index (χ1v) is 5.71. The number of hydrogen-bond donors (Lipinski definition) is 1. The van der Waals surface area contributed by atoms with Crippen LogP contribution >= 0.6 is 0 Å². The molecule has 3 nitrogen and oxygen atoms in total. The first-order chi connectivity index (χ1) is 7.25. The van der Waals surface area contributed by atoms with E-state index in [-0.39, 0.29) is 0 Å². The van der Waals surface area contributed by atoms with Crippen molar-refractivity contribution in [2.75, 3.05) is 13.1 Å². The van der Waals surface area contributed by atoms with E-state index in [1.807, 2.05) is 0 Å². The first kappa shape index (κ1) is 9.16. The van der Waals surface area contributed by atoms with Crippen LogP contribution in [-0.4, -0.2) is 22.6 Å². The van der Waals surface area contributed by atoms with Gasteiger partial charge in [-0.15, -0.1) is 0 Å². The number of fused-ring (bicyclic) bond motifs is 1. The molecule has 0 bridgehead atoms. The third kappa shape index (κ3) is 1.34. The van der Waals surface area contributed by atoms with Crippen LogP contribution in [0, 0.1) is 6.92 Å². The van der Waals surface area contributed by atoms with E-state index in [9.17, 15) is 0 Å². The Bertz CT molecular complexity index is 424. The van der Waals surface area contributed by atoms with Crippen molar-refractivity contribution in [3.05, 3.63) is 22.8 Å². The maximum absolute atomic E-state index is 4.68. The molecule has 0 saturated carbocycles. The lowest BCUT2D eigenvalue weighted by Gasteiger charge is -2.31. The Kier molecular flexibility index (Phi) is 1.96. The van der Waals surface area contributed by atoms with Crippen LogP contribution in [0.25, 0.3) is 6.08 Å². The van der Waals surface area contributed by atoms with Gasteiger partial charge in [0.1, 0.15) is 5.82 Å². The maximum Gasteiger partial charge on any atom is 0.106 e. The molecule has 0 aromatic carbocycles. The van der Waals surface area contributed by atoms with Gasteiger partial charge >= 0.3 is 0 Å². The summed E-state index contributed by atoms with van der Waals surface area (Å²) in [6.07, 6.45) is 4.61. The molecule has 1 aliphatic heterocycles. The van der Waals surface area contributed by atoms with E-state index in [1.165, 1.54) is 29.2 Å². The molecule has 0 radical (unpaired) electrons. The van der Waals surface area contributed by atoms with Gasteiger partial charge in [0.05, 0.1) is 17.4 Å². The summed E-state index contributed by atoms with van der Waals surface area (Å²) in [5, 5.41) is 3.33. The van der Waals surface area contributed by atoms with Crippen molar-refractivity contribution in [2.24, 2.45) is 0 Å². The van der Waals surface area contributed by atoms with E-state index < -0.39 is 0 Å². The number of imidazole rings is 1. The fourth-order valence-electron chi connectivity index (χ4n) is 2.49. The summed E-state index contributed by atoms with van der Waals surface area (Å²) >= 11 is 0. The van der Waals surface area contributed by atoms with Crippen molar-refractivity contribution < 1.29 is 0 Å². The largest absolute Gasteiger partial charge is 0.323 e. The molecule has 2 aliphatic rings. The Morgan fingerprint density at radius 1 is 1.33 bits per heavy atom. The minimum atomic E-state index is 0.628. The predicted molar refractivity (Wildman–Crippen MR) is 60.8 cm³/mol. The van der Waals surface area contributed by atoms with Crippen molar-refractivity contribution in [3.63, 3.8) is 0 Å². The molecule has 80 valence electrons. The second-order valence-electron chi connectivity index (χ2n) is 4.66. The van der Waals surface area contributed by atoms with Crippen molar-refractivity contribution in [3.8, 4) is 0 Å². The summed E-state index contributed by atoms with van der Waals surface area (Å²) in [4.78, 5) is 4.68. The predicted octanol–water partition coefficient (Wildman–Crippen LogP) is 1.69. The number of aryl methyl sites for hydroxylation is 2. The zero-order chi connectivity index (χ0) is 10.4. The monoisotopic (exact) mass is 203 g/mol. The highest BCUT2D eigenvalue weighted by Crippen LogP contribution is 2.28. The number of aromatic nitrogens is 2. The van der Waals surface area contributed by atoms with E-state index in [1.54, 1.807) is 0 Å². The fourth-order valence-corrected chi connectivity index (χ4v) is 2.49. The number of allylic oxidation sites excluding steroid dienone is 1. The maximum atomic E-state index is 4.68. The second-order valence-corrected chi connectivity index (χ2v) is 4.66. The van der Waals surface area contributed by atoms with Gasteiger partial charge in [-0.25, -0.2) is 4.98 Å². The Balaban J connectivity index is 2.10. The molecule has 1 aliphatic carbocycles. The summed E-state index contributed by atoms with van der Waals surface area (Å²) in [6.45, 7) is 6.53. The van der Waals surface area contributed by atoms with Gasteiger partial charge in [0, 0.05) is 13.1 Å². The van der Waals surface area contributed by atoms with Gasteiger partial charge in [-0.2, -0.15) is 0 Å². The molecule has 0 atom stereocenters. The normalized spacial score (nSPS) is 20.8. The lowest BCUT2D eigenvalue weighted by atomic mass is 10.0. The molecule has 3 heteroatoms. The van der Waals surface area contributed by atoms with Crippen LogP contribution < -0.4 is 5.32 Å². The van der Waals surface area contributed by atoms with E-state index >= 15 is 0 Å². The number of hydrogen-bond acceptors (Lipinski definition) is 2. The molecular weight excluding hydrogens is 186 g/mol. The molecule has 15 heavy (non-hydrogen) atoms. The van der Waals surface area contributed by atoms with Crippen LogP contribution in [0.3, 0.4) is 0 Å². The van der Waals surface area contributed by atoms with Gasteiger partial charge < -0.3 is 9.88 Å². The van der Waals surface area contributed by atoms with E-state index in [0.717, 1.165) is 19.5 Å². The average Bonchev–Trinajstić information content (AvgIpc) is 2.42. The molecule has 1 fully saturated rings. The Labute approximate surface area is 90.2 Å². The van der Waals surface area contributed by atoms with Crippen molar-refractivity contribution in [2.45, 2.75) is 32.7 Å². The summed E-state index contributed by atoms with van der Waals surface area (Å²) in [5.41, 5.74) is 4.14. The van der Waals surface area contributed by atoms with Crippen molar-refractivity contribution >= 4 is 6.08 Å². The first-order valence-electron chi connectivity index (χ1n) is 5.71. The molecular formula is C12H17N3. The molecule has 1 saturated heterocycles. The highest BCUT2D eigenvalue weighted by atomic mass is 15.2. The zero-order valence-electron chi connectivity index (χ0n) is 9.38. The lowest BCUT2D eigenvalue weighted by molar-refractivity contribution is 0.336. The highest BCUT2D eigenvalue weighted by Gasteiger charge is 2.25. The Morgan fingerprint density at radius 3 is 2.80 bits per heavy atom. The van der Waals surface area contributed by atoms with E-state index in [4.69, 9.17) is 0 Å². The molecule has 0 unspecified atom stereocenters. The van der Waals surface area contributed by atoms with Crippen LogP contribution in [0.4, 0.5) is 0 Å². The van der Waals surface area contributed by atoms with Crippen LogP contribution in [-0.2, 0) is 6.42 Å². The molecule has 0 spiro atoms. The quantitative estimate of drug-likeness (QED) is 0.752. The van der Waals surface area contributed by atoms with Gasteiger partial charge in [-0.05, 0) is 32.8 Å². The van der Waals surface area contributed by atoms with Gasteiger partial charge in [0.2, 0.25) is 0 Å². The Morgan fingerprint density at radius 2 is 2.13 bits per heavy atom. The van der Waals surface area contributed by atoms with Crippen molar-refractivity contribution in [1.82, 2.24) is 14.9 Å². The van der Waals surface area contributed by atoms with Gasteiger partial charge in [-0.1, -0.05) is 5.57 Å². The smallest absolute Gasteiger partial charge is 0.106 e. The SMILES string of the molecule is CC1=Cc2c(nc(C)n2C2CNC2)CC1. The Hall–Kier alpha value is -1.09. The van der Waals surface area contributed by atoms with Crippen LogP contribution in [0.15, 0.2) is 5.57 Å². The summed E-state index contributed by atoms with van der Waals surface area (Å²) < 4.78 is 2.41. The molecule has 3 rings (SSSR count). The fraction of sp³-hybridized carbons (Fsp3) is 0.583. The lowest BCUT2D eigenvalue weighted by Crippen LogP contribution is -2.44. The van der Waals surface area contributed by atoms with Crippen molar-refractivity contribution in [1.29, 1.82) is 0 Å². The third-order valence-electron chi connectivity index (χ3n) is 3.46. The average molecular weight is 203 g/mol. The van der Waals surface area contributed by atoms with E-state index in [0.29, 0.717) is 6.04 Å². The number of nitrogens with one attached hydrogen (secondary N) is 1. The van der Waals surface area contributed by atoms with Gasteiger partial charge in [0.15, 0.2) is 0 Å². The minimum absolute atomic E-state index is 0.628.